The molecule has 1 atom stereocenters. The van der Waals surface area contributed by atoms with Gasteiger partial charge in [0.05, 0.1) is 7.11 Å². The molecule has 0 saturated heterocycles. The summed E-state index contributed by atoms with van der Waals surface area (Å²) < 4.78 is 33.2. The smallest absolute Gasteiger partial charge is 0.244 e. The lowest BCUT2D eigenvalue weighted by Gasteiger charge is -2.23. The molecule has 0 aliphatic heterocycles. The van der Waals surface area contributed by atoms with Gasteiger partial charge in [-0.2, -0.15) is 0 Å². The molecule has 1 aromatic carbocycles. The third-order valence-electron chi connectivity index (χ3n) is 4.14. The number of nitrogens with one attached hydrogen (secondary N) is 1. The third-order valence-corrected chi connectivity index (χ3v) is 5.65. The lowest BCUT2D eigenvalue weighted by Crippen LogP contribution is -2.44. The first kappa shape index (κ1) is 16.3. The first-order chi connectivity index (χ1) is 9.97. The van der Waals surface area contributed by atoms with Gasteiger partial charge in [-0.1, -0.05) is 18.9 Å². The molecule has 6 heteroatoms. The fraction of sp³-hybridized carbons (Fsp3) is 0.600. The minimum absolute atomic E-state index is 0.182. The van der Waals surface area contributed by atoms with Crippen LogP contribution in [0.25, 0.3) is 0 Å². The SMILES string of the molecule is COc1ccc(C)cc1S(=O)(=O)NC(CN)C1CCCC1. The van der Waals surface area contributed by atoms with E-state index in [4.69, 9.17) is 10.5 Å². The van der Waals surface area contributed by atoms with Gasteiger partial charge < -0.3 is 10.5 Å². The van der Waals surface area contributed by atoms with Gasteiger partial charge >= 0.3 is 0 Å². The van der Waals surface area contributed by atoms with Crippen LogP contribution < -0.4 is 15.2 Å². The Balaban J connectivity index is 2.26. The average molecular weight is 312 g/mol. The van der Waals surface area contributed by atoms with Crippen molar-refractivity contribution in [3.05, 3.63) is 23.8 Å². The number of rotatable bonds is 6. The van der Waals surface area contributed by atoms with E-state index in [-0.39, 0.29) is 10.9 Å². The highest BCUT2D eigenvalue weighted by molar-refractivity contribution is 7.89. The van der Waals surface area contributed by atoms with Crippen molar-refractivity contribution in [3.8, 4) is 5.75 Å². The maximum atomic E-state index is 12.6. The largest absolute Gasteiger partial charge is 0.495 e. The Labute approximate surface area is 126 Å². The molecule has 5 nitrogen and oxygen atoms in total. The number of ether oxygens (including phenoxy) is 1. The Morgan fingerprint density at radius 1 is 1.38 bits per heavy atom. The summed E-state index contributed by atoms with van der Waals surface area (Å²) in [4.78, 5) is 0.182. The molecule has 1 unspecified atom stereocenters. The molecule has 1 aliphatic carbocycles. The van der Waals surface area contributed by atoms with Crippen molar-refractivity contribution in [2.45, 2.75) is 43.5 Å². The van der Waals surface area contributed by atoms with E-state index in [0.717, 1.165) is 31.2 Å². The van der Waals surface area contributed by atoms with Crippen molar-refractivity contribution < 1.29 is 13.2 Å². The maximum absolute atomic E-state index is 12.6. The second-order valence-corrected chi connectivity index (χ2v) is 7.34. The number of hydrogen-bond acceptors (Lipinski definition) is 4. The van der Waals surface area contributed by atoms with Crippen molar-refractivity contribution in [1.82, 2.24) is 4.72 Å². The highest BCUT2D eigenvalue weighted by atomic mass is 32.2. The highest BCUT2D eigenvalue weighted by Gasteiger charge is 2.29. The summed E-state index contributed by atoms with van der Waals surface area (Å²) in [5, 5.41) is 0. The van der Waals surface area contributed by atoms with Crippen molar-refractivity contribution in [2.24, 2.45) is 11.7 Å². The van der Waals surface area contributed by atoms with Crippen LogP contribution in [0.5, 0.6) is 5.75 Å². The van der Waals surface area contributed by atoms with Gasteiger partial charge in [-0.15, -0.1) is 0 Å². The topological polar surface area (TPSA) is 81.4 Å². The van der Waals surface area contributed by atoms with E-state index in [1.54, 1.807) is 12.1 Å². The molecule has 0 bridgehead atoms. The molecule has 0 amide bonds. The van der Waals surface area contributed by atoms with Gasteiger partial charge in [-0.25, -0.2) is 13.1 Å². The molecule has 1 aliphatic rings. The molecule has 2 rings (SSSR count). The Morgan fingerprint density at radius 2 is 2.05 bits per heavy atom. The minimum atomic E-state index is -3.63. The zero-order chi connectivity index (χ0) is 15.5. The molecule has 1 aromatic rings. The van der Waals surface area contributed by atoms with Crippen molar-refractivity contribution in [3.63, 3.8) is 0 Å². The second kappa shape index (κ2) is 6.77. The summed E-state index contributed by atoms with van der Waals surface area (Å²) in [6.45, 7) is 2.17. The monoisotopic (exact) mass is 312 g/mol. The molecule has 0 aromatic heterocycles. The van der Waals surface area contributed by atoms with E-state index in [1.165, 1.54) is 7.11 Å². The summed E-state index contributed by atoms with van der Waals surface area (Å²) >= 11 is 0. The quantitative estimate of drug-likeness (QED) is 0.839. The van der Waals surface area contributed by atoms with Crippen molar-refractivity contribution >= 4 is 10.0 Å². The van der Waals surface area contributed by atoms with Gasteiger partial charge in [0.15, 0.2) is 0 Å². The van der Waals surface area contributed by atoms with Gasteiger partial charge in [0.2, 0.25) is 10.0 Å². The molecule has 1 fully saturated rings. The molecule has 0 radical (unpaired) electrons. The fourth-order valence-electron chi connectivity index (χ4n) is 2.95. The predicted molar refractivity (Wildman–Crippen MR) is 82.9 cm³/mol. The van der Waals surface area contributed by atoms with Gasteiger partial charge in [-0.3, -0.25) is 0 Å². The second-order valence-electron chi connectivity index (χ2n) is 5.66. The summed E-state index contributed by atoms with van der Waals surface area (Å²) in [5.74, 6) is 0.691. The average Bonchev–Trinajstić information content (AvgIpc) is 2.99. The number of hydrogen-bond donors (Lipinski definition) is 2. The normalized spacial score (nSPS) is 17.9. The number of benzene rings is 1. The summed E-state index contributed by atoms with van der Waals surface area (Å²) in [6.07, 6.45) is 4.37. The van der Waals surface area contributed by atoms with Crippen LogP contribution in [0.15, 0.2) is 23.1 Å². The first-order valence-corrected chi connectivity index (χ1v) is 8.83. The lowest BCUT2D eigenvalue weighted by atomic mass is 9.99. The Kier molecular flexibility index (Phi) is 5.24. The molecule has 1 saturated carbocycles. The number of nitrogens with two attached hydrogens (primary N) is 1. The number of aryl methyl sites for hydroxylation is 1. The fourth-order valence-corrected chi connectivity index (χ4v) is 4.52. The van der Waals surface area contributed by atoms with Crippen LogP contribution in [0.4, 0.5) is 0 Å². The molecular weight excluding hydrogens is 288 g/mol. The summed E-state index contributed by atoms with van der Waals surface area (Å²) in [5.41, 5.74) is 6.66. The zero-order valence-electron chi connectivity index (χ0n) is 12.6. The minimum Gasteiger partial charge on any atom is -0.495 e. The summed E-state index contributed by atoms with van der Waals surface area (Å²) in [6, 6.07) is 4.93. The van der Waals surface area contributed by atoms with Crippen LogP contribution >= 0.6 is 0 Å². The molecule has 0 heterocycles. The third kappa shape index (κ3) is 3.75. The van der Waals surface area contributed by atoms with Crippen molar-refractivity contribution in [1.29, 1.82) is 0 Å². The zero-order valence-corrected chi connectivity index (χ0v) is 13.4. The molecule has 0 spiro atoms. The van der Waals surface area contributed by atoms with Gasteiger partial charge in [0.1, 0.15) is 10.6 Å². The molecule has 118 valence electrons. The van der Waals surface area contributed by atoms with Crippen LogP contribution in [0.2, 0.25) is 0 Å². The van der Waals surface area contributed by atoms with E-state index in [2.05, 4.69) is 4.72 Å². The van der Waals surface area contributed by atoms with Gasteiger partial charge in [-0.05, 0) is 43.4 Å². The van der Waals surface area contributed by atoms with E-state index in [0.29, 0.717) is 18.2 Å². The van der Waals surface area contributed by atoms with E-state index >= 15 is 0 Å². The predicted octanol–water partition coefficient (Wildman–Crippen LogP) is 1.80. The Bertz CT molecular complexity index is 581. The van der Waals surface area contributed by atoms with Gasteiger partial charge in [0, 0.05) is 12.6 Å². The van der Waals surface area contributed by atoms with Crippen LogP contribution in [0.1, 0.15) is 31.2 Å². The van der Waals surface area contributed by atoms with Gasteiger partial charge in [0.25, 0.3) is 0 Å². The summed E-state index contributed by atoms with van der Waals surface area (Å²) in [7, 11) is -2.16. The lowest BCUT2D eigenvalue weighted by molar-refractivity contribution is 0.394. The number of methoxy groups -OCH3 is 1. The molecule has 3 N–H and O–H groups in total. The van der Waals surface area contributed by atoms with Crippen molar-refractivity contribution in [2.75, 3.05) is 13.7 Å². The highest BCUT2D eigenvalue weighted by Crippen LogP contribution is 2.30. The number of sulfonamides is 1. The van der Waals surface area contributed by atoms with Crippen LogP contribution in [-0.4, -0.2) is 28.1 Å². The van der Waals surface area contributed by atoms with Crippen LogP contribution in [-0.2, 0) is 10.0 Å². The van der Waals surface area contributed by atoms with E-state index in [1.807, 2.05) is 13.0 Å². The van der Waals surface area contributed by atoms with Crippen LogP contribution in [0, 0.1) is 12.8 Å². The standard InChI is InChI=1S/C15H24N2O3S/c1-11-7-8-14(20-2)15(9-11)21(18,19)17-13(10-16)12-5-3-4-6-12/h7-9,12-13,17H,3-6,10,16H2,1-2H3. The maximum Gasteiger partial charge on any atom is 0.244 e. The molecular formula is C15H24N2O3S. The Hall–Kier alpha value is -1.11. The molecule has 21 heavy (non-hydrogen) atoms. The van der Waals surface area contributed by atoms with Crippen LogP contribution in [0.3, 0.4) is 0 Å². The Morgan fingerprint density at radius 3 is 2.62 bits per heavy atom. The van der Waals surface area contributed by atoms with E-state index < -0.39 is 10.0 Å². The first-order valence-electron chi connectivity index (χ1n) is 7.35. The van der Waals surface area contributed by atoms with E-state index in [9.17, 15) is 8.42 Å².